The van der Waals surface area contributed by atoms with Crippen molar-refractivity contribution >= 4 is 15.9 Å². The van der Waals surface area contributed by atoms with E-state index in [1.807, 2.05) is 32.0 Å². The summed E-state index contributed by atoms with van der Waals surface area (Å²) < 4.78 is 11.9. The molecule has 2 rings (SSSR count). The van der Waals surface area contributed by atoms with Crippen molar-refractivity contribution in [2.24, 2.45) is 5.73 Å². The normalized spacial score (nSPS) is 14.1. The van der Waals surface area contributed by atoms with Crippen LogP contribution >= 0.6 is 15.9 Å². The summed E-state index contributed by atoms with van der Waals surface area (Å²) in [6, 6.07) is 5.89. The zero-order valence-electron chi connectivity index (χ0n) is 12.5. The van der Waals surface area contributed by atoms with E-state index in [-0.39, 0.29) is 0 Å². The highest BCUT2D eigenvalue weighted by Crippen LogP contribution is 2.26. The topological polar surface area (TPSA) is 74.2 Å². The highest BCUT2D eigenvalue weighted by molar-refractivity contribution is 9.10. The Balaban J connectivity index is 2.21. The van der Waals surface area contributed by atoms with Gasteiger partial charge in [0, 0.05) is 16.6 Å². The smallest absolute Gasteiger partial charge is 0.258 e. The van der Waals surface area contributed by atoms with E-state index in [2.05, 4.69) is 33.0 Å². The van der Waals surface area contributed by atoms with Gasteiger partial charge in [0.25, 0.3) is 5.89 Å². The Bertz CT molecular complexity index is 611. The Kier molecular flexibility index (Phi) is 5.13. The third-order valence-corrected chi connectivity index (χ3v) is 3.60. The second kappa shape index (κ2) is 6.68. The largest absolute Gasteiger partial charge is 0.379 e. The standard InChI is InChI=1S/C15H20BrN3O2/c1-4-7-20-9-15(3,17)14-18-13(21-19-14)12-6-5-11(16)8-10(12)2/h5-6,8H,4,7,9,17H2,1-3H3. The van der Waals surface area contributed by atoms with Crippen LogP contribution in [-0.4, -0.2) is 23.4 Å². The lowest BCUT2D eigenvalue weighted by atomic mass is 10.0. The third-order valence-electron chi connectivity index (χ3n) is 3.11. The molecule has 114 valence electrons. The van der Waals surface area contributed by atoms with Gasteiger partial charge in [0.05, 0.1) is 6.61 Å². The van der Waals surface area contributed by atoms with E-state index in [0.717, 1.165) is 22.0 Å². The van der Waals surface area contributed by atoms with Crippen molar-refractivity contribution < 1.29 is 9.26 Å². The zero-order chi connectivity index (χ0) is 15.5. The van der Waals surface area contributed by atoms with Crippen molar-refractivity contribution in [3.8, 4) is 11.5 Å². The predicted octanol–water partition coefficient (Wildman–Crippen LogP) is 3.41. The third kappa shape index (κ3) is 3.90. The first-order valence-corrected chi connectivity index (χ1v) is 7.70. The molecule has 1 unspecified atom stereocenters. The number of nitrogens with zero attached hydrogens (tertiary/aromatic N) is 2. The lowest BCUT2D eigenvalue weighted by molar-refractivity contribution is 0.0867. The molecule has 0 amide bonds. The molecule has 5 nitrogen and oxygen atoms in total. The molecule has 0 aliphatic heterocycles. The molecule has 2 N–H and O–H groups in total. The number of benzene rings is 1. The van der Waals surface area contributed by atoms with Crippen LogP contribution < -0.4 is 5.73 Å². The fourth-order valence-electron chi connectivity index (χ4n) is 1.92. The lowest BCUT2D eigenvalue weighted by Crippen LogP contribution is -2.39. The molecule has 0 bridgehead atoms. The van der Waals surface area contributed by atoms with Gasteiger partial charge in [-0.15, -0.1) is 0 Å². The quantitative estimate of drug-likeness (QED) is 0.805. The van der Waals surface area contributed by atoms with Crippen LogP contribution in [0.15, 0.2) is 27.2 Å². The number of ether oxygens (including phenoxy) is 1. The van der Waals surface area contributed by atoms with Crippen LogP contribution in [0.25, 0.3) is 11.5 Å². The first-order valence-electron chi connectivity index (χ1n) is 6.91. The minimum absolute atomic E-state index is 0.360. The van der Waals surface area contributed by atoms with E-state index in [0.29, 0.717) is 24.9 Å². The first kappa shape index (κ1) is 16.1. The molecule has 1 atom stereocenters. The van der Waals surface area contributed by atoms with Crippen LogP contribution in [0.2, 0.25) is 0 Å². The maximum Gasteiger partial charge on any atom is 0.258 e. The molecule has 0 aliphatic carbocycles. The summed E-state index contributed by atoms with van der Waals surface area (Å²) in [5.41, 5.74) is 7.41. The maximum atomic E-state index is 6.21. The first-order chi connectivity index (χ1) is 9.94. The van der Waals surface area contributed by atoms with Crippen LogP contribution in [0.1, 0.15) is 31.7 Å². The van der Waals surface area contributed by atoms with E-state index in [9.17, 15) is 0 Å². The van der Waals surface area contributed by atoms with Gasteiger partial charge < -0.3 is 15.0 Å². The summed E-state index contributed by atoms with van der Waals surface area (Å²) in [4.78, 5) is 4.42. The molecule has 2 aromatic rings. The second-order valence-corrected chi connectivity index (χ2v) is 6.27. The molecule has 0 fully saturated rings. The summed E-state index contributed by atoms with van der Waals surface area (Å²) in [6.07, 6.45) is 0.950. The Morgan fingerprint density at radius 3 is 2.86 bits per heavy atom. The Hall–Kier alpha value is -1.24. The molecule has 21 heavy (non-hydrogen) atoms. The molecule has 0 radical (unpaired) electrons. The zero-order valence-corrected chi connectivity index (χ0v) is 14.1. The fraction of sp³-hybridized carbons (Fsp3) is 0.467. The highest BCUT2D eigenvalue weighted by atomic mass is 79.9. The molecule has 0 spiro atoms. The molecular formula is C15H20BrN3O2. The van der Waals surface area contributed by atoms with Crippen LogP contribution in [0.4, 0.5) is 0 Å². The van der Waals surface area contributed by atoms with Gasteiger partial charge in [-0.25, -0.2) is 0 Å². The minimum atomic E-state index is -0.764. The summed E-state index contributed by atoms with van der Waals surface area (Å²) in [6.45, 7) is 6.92. The van der Waals surface area contributed by atoms with E-state index >= 15 is 0 Å². The second-order valence-electron chi connectivity index (χ2n) is 5.35. The molecular weight excluding hydrogens is 334 g/mol. The van der Waals surface area contributed by atoms with Gasteiger partial charge in [-0.3, -0.25) is 0 Å². The van der Waals surface area contributed by atoms with Gasteiger partial charge in [0.2, 0.25) is 0 Å². The van der Waals surface area contributed by atoms with Gasteiger partial charge in [-0.2, -0.15) is 4.98 Å². The van der Waals surface area contributed by atoms with Gasteiger partial charge in [-0.1, -0.05) is 28.0 Å². The van der Waals surface area contributed by atoms with E-state index in [4.69, 9.17) is 15.0 Å². The summed E-state index contributed by atoms with van der Waals surface area (Å²) in [5.74, 6) is 0.929. The molecule has 1 aromatic carbocycles. The van der Waals surface area contributed by atoms with Crippen molar-refractivity contribution in [3.05, 3.63) is 34.1 Å². The SMILES string of the molecule is CCCOCC(C)(N)c1noc(-c2ccc(Br)cc2C)n1. The molecule has 1 aromatic heterocycles. The number of rotatable bonds is 6. The van der Waals surface area contributed by atoms with Crippen molar-refractivity contribution in [2.75, 3.05) is 13.2 Å². The van der Waals surface area contributed by atoms with Crippen molar-refractivity contribution in [1.29, 1.82) is 0 Å². The summed E-state index contributed by atoms with van der Waals surface area (Å²) in [7, 11) is 0. The van der Waals surface area contributed by atoms with Crippen molar-refractivity contribution in [1.82, 2.24) is 10.1 Å². The van der Waals surface area contributed by atoms with Gasteiger partial charge >= 0.3 is 0 Å². The number of nitrogens with two attached hydrogens (primary N) is 1. The Morgan fingerprint density at radius 1 is 1.43 bits per heavy atom. The average Bonchev–Trinajstić information content (AvgIpc) is 2.89. The summed E-state index contributed by atoms with van der Waals surface area (Å²) in [5, 5.41) is 4.00. The fourth-order valence-corrected chi connectivity index (χ4v) is 2.40. The minimum Gasteiger partial charge on any atom is -0.379 e. The van der Waals surface area contributed by atoms with Crippen molar-refractivity contribution in [2.45, 2.75) is 32.7 Å². The maximum absolute atomic E-state index is 6.21. The van der Waals surface area contributed by atoms with Crippen LogP contribution in [0.3, 0.4) is 0 Å². The number of aromatic nitrogens is 2. The van der Waals surface area contributed by atoms with Gasteiger partial charge in [0.15, 0.2) is 5.82 Å². The van der Waals surface area contributed by atoms with Crippen LogP contribution in [-0.2, 0) is 10.3 Å². The summed E-state index contributed by atoms with van der Waals surface area (Å²) >= 11 is 3.44. The van der Waals surface area contributed by atoms with Gasteiger partial charge in [-0.05, 0) is 44.0 Å². The molecule has 1 heterocycles. The van der Waals surface area contributed by atoms with E-state index < -0.39 is 5.54 Å². The molecule has 0 saturated carbocycles. The molecule has 6 heteroatoms. The Morgan fingerprint density at radius 2 is 2.19 bits per heavy atom. The average molecular weight is 354 g/mol. The number of halogens is 1. The van der Waals surface area contributed by atoms with Gasteiger partial charge in [0.1, 0.15) is 5.54 Å². The van der Waals surface area contributed by atoms with Crippen molar-refractivity contribution in [3.63, 3.8) is 0 Å². The van der Waals surface area contributed by atoms with E-state index in [1.165, 1.54) is 0 Å². The number of hydrogen-bond donors (Lipinski definition) is 1. The highest BCUT2D eigenvalue weighted by Gasteiger charge is 2.28. The lowest BCUT2D eigenvalue weighted by Gasteiger charge is -2.19. The Labute approximate surface area is 133 Å². The van der Waals surface area contributed by atoms with Crippen LogP contribution in [0.5, 0.6) is 0 Å². The molecule has 0 aliphatic rings. The number of hydrogen-bond acceptors (Lipinski definition) is 5. The monoisotopic (exact) mass is 353 g/mol. The molecule has 0 saturated heterocycles. The van der Waals surface area contributed by atoms with Crippen LogP contribution in [0, 0.1) is 6.92 Å². The predicted molar refractivity (Wildman–Crippen MR) is 84.8 cm³/mol. The van der Waals surface area contributed by atoms with E-state index in [1.54, 1.807) is 0 Å². The number of aryl methyl sites for hydroxylation is 1.